The molecule has 1 aromatic heterocycles. The third-order valence-electron chi connectivity index (χ3n) is 3.24. The summed E-state index contributed by atoms with van der Waals surface area (Å²) in [7, 11) is 0. The molecule has 0 amide bonds. The number of guanidine groups is 1. The molecule has 5 nitrogen and oxygen atoms in total. The van der Waals surface area contributed by atoms with Crippen LogP contribution in [0.25, 0.3) is 0 Å². The van der Waals surface area contributed by atoms with Gasteiger partial charge in [-0.15, -0.1) is 24.0 Å². The number of rotatable bonds is 10. The van der Waals surface area contributed by atoms with E-state index in [1.54, 1.807) is 18.3 Å². The molecule has 1 aromatic rings. The van der Waals surface area contributed by atoms with E-state index in [1.807, 2.05) is 23.8 Å². The van der Waals surface area contributed by atoms with E-state index in [4.69, 9.17) is 4.74 Å². The normalized spacial score (nSPS) is 14.2. The fourth-order valence-electron chi connectivity index (χ4n) is 1.94. The molecule has 140 valence electrons. The minimum Gasteiger partial charge on any atom is -0.383 e. The molecule has 0 spiro atoms. The second kappa shape index (κ2) is 12.9. The van der Waals surface area contributed by atoms with Crippen LogP contribution in [0.15, 0.2) is 21.8 Å². The quantitative estimate of drug-likeness (QED) is 0.213. The van der Waals surface area contributed by atoms with Crippen molar-refractivity contribution in [3.05, 3.63) is 22.4 Å². The van der Waals surface area contributed by atoms with Crippen LogP contribution < -0.4 is 10.6 Å². The molecule has 0 radical (unpaired) electrons. The molecule has 1 heterocycles. The summed E-state index contributed by atoms with van der Waals surface area (Å²) in [6.45, 7) is 11.6. The van der Waals surface area contributed by atoms with Crippen molar-refractivity contribution in [1.29, 1.82) is 0 Å². The van der Waals surface area contributed by atoms with Crippen molar-refractivity contribution in [3.8, 4) is 0 Å². The van der Waals surface area contributed by atoms with E-state index in [9.17, 15) is 5.11 Å². The Labute approximate surface area is 167 Å². The molecule has 1 atom stereocenters. The highest BCUT2D eigenvalue weighted by molar-refractivity contribution is 14.0. The summed E-state index contributed by atoms with van der Waals surface area (Å²) in [5, 5.41) is 20.9. The molecular weight excluding hydrogens is 437 g/mol. The zero-order valence-electron chi connectivity index (χ0n) is 15.2. The van der Waals surface area contributed by atoms with Gasteiger partial charge >= 0.3 is 0 Å². The van der Waals surface area contributed by atoms with Gasteiger partial charge in [-0.05, 0) is 48.6 Å². The van der Waals surface area contributed by atoms with Crippen molar-refractivity contribution in [1.82, 2.24) is 10.6 Å². The van der Waals surface area contributed by atoms with Gasteiger partial charge in [0.15, 0.2) is 5.96 Å². The van der Waals surface area contributed by atoms with Gasteiger partial charge in [0.1, 0.15) is 5.60 Å². The minimum absolute atomic E-state index is 0. The SMILES string of the molecule is CCNC(=NCC(C)(O)c1ccsc1)NCCCOCC(C)C.I. The number of halogens is 1. The molecule has 0 aliphatic rings. The lowest BCUT2D eigenvalue weighted by Crippen LogP contribution is -2.39. The average Bonchev–Trinajstić information content (AvgIpc) is 3.03. The fraction of sp³-hybridized carbons (Fsp3) is 0.706. The van der Waals surface area contributed by atoms with E-state index >= 15 is 0 Å². The Bertz CT molecular complexity index is 451. The molecule has 0 bridgehead atoms. The van der Waals surface area contributed by atoms with Crippen molar-refractivity contribution < 1.29 is 9.84 Å². The monoisotopic (exact) mass is 469 g/mol. The van der Waals surface area contributed by atoms with E-state index in [-0.39, 0.29) is 24.0 Å². The standard InChI is InChI=1S/C17H31N3O2S.HI/c1-5-18-16(19-8-6-9-22-11-14(2)3)20-13-17(4,21)15-7-10-23-12-15;/h7,10,12,14,21H,5-6,8-9,11,13H2,1-4H3,(H2,18,19,20);1H. The predicted octanol–water partition coefficient (Wildman–Crippen LogP) is 3.19. The van der Waals surface area contributed by atoms with Crippen LogP contribution >= 0.6 is 35.3 Å². The minimum atomic E-state index is -0.942. The van der Waals surface area contributed by atoms with Gasteiger partial charge in [-0.1, -0.05) is 13.8 Å². The van der Waals surface area contributed by atoms with Crippen molar-refractivity contribution in [3.63, 3.8) is 0 Å². The van der Waals surface area contributed by atoms with E-state index in [2.05, 4.69) is 29.5 Å². The van der Waals surface area contributed by atoms with Crippen LogP contribution in [0.3, 0.4) is 0 Å². The predicted molar refractivity (Wildman–Crippen MR) is 114 cm³/mol. The molecule has 0 aliphatic carbocycles. The second-order valence-corrected chi connectivity index (χ2v) is 7.01. The van der Waals surface area contributed by atoms with Gasteiger partial charge in [0, 0.05) is 26.3 Å². The topological polar surface area (TPSA) is 65.9 Å². The van der Waals surface area contributed by atoms with Crippen LogP contribution in [0.2, 0.25) is 0 Å². The van der Waals surface area contributed by atoms with Crippen LogP contribution in [-0.2, 0) is 10.3 Å². The van der Waals surface area contributed by atoms with Gasteiger partial charge in [-0.25, -0.2) is 4.99 Å². The molecule has 0 aliphatic heterocycles. The molecule has 3 N–H and O–H groups in total. The number of hydrogen-bond acceptors (Lipinski definition) is 4. The lowest BCUT2D eigenvalue weighted by Gasteiger charge is -2.21. The summed E-state index contributed by atoms with van der Waals surface area (Å²) in [5.74, 6) is 1.30. The number of nitrogens with one attached hydrogen (secondary N) is 2. The largest absolute Gasteiger partial charge is 0.383 e. The number of hydrogen-bond donors (Lipinski definition) is 3. The third-order valence-corrected chi connectivity index (χ3v) is 3.92. The molecular formula is C17H32IN3O2S. The lowest BCUT2D eigenvalue weighted by atomic mass is 10.00. The highest BCUT2D eigenvalue weighted by atomic mass is 127. The van der Waals surface area contributed by atoms with Crippen molar-refractivity contribution in [2.75, 3.05) is 32.8 Å². The number of thiophene rings is 1. The number of aliphatic hydroxyl groups is 1. The van der Waals surface area contributed by atoms with Crippen LogP contribution in [0, 0.1) is 5.92 Å². The van der Waals surface area contributed by atoms with E-state index in [0.717, 1.165) is 44.2 Å². The molecule has 1 unspecified atom stereocenters. The van der Waals surface area contributed by atoms with Crippen molar-refractivity contribution in [2.45, 2.75) is 39.7 Å². The smallest absolute Gasteiger partial charge is 0.191 e. The maximum Gasteiger partial charge on any atom is 0.191 e. The van der Waals surface area contributed by atoms with E-state index in [1.165, 1.54) is 0 Å². The first-order valence-corrected chi connectivity index (χ1v) is 9.25. The highest BCUT2D eigenvalue weighted by Gasteiger charge is 2.23. The van der Waals surface area contributed by atoms with Crippen molar-refractivity contribution in [2.24, 2.45) is 10.9 Å². The van der Waals surface area contributed by atoms with Crippen LogP contribution in [0.1, 0.15) is 39.7 Å². The average molecular weight is 469 g/mol. The zero-order valence-corrected chi connectivity index (χ0v) is 18.3. The molecule has 1 rings (SSSR count). The maximum absolute atomic E-state index is 10.5. The van der Waals surface area contributed by atoms with Crippen LogP contribution in [0.5, 0.6) is 0 Å². The summed E-state index contributed by atoms with van der Waals surface area (Å²) in [5.41, 5.74) is -0.0351. The summed E-state index contributed by atoms with van der Waals surface area (Å²) < 4.78 is 5.56. The first kappa shape index (κ1) is 23.6. The Morgan fingerprint density at radius 3 is 2.75 bits per heavy atom. The van der Waals surface area contributed by atoms with Gasteiger partial charge in [-0.3, -0.25) is 0 Å². The zero-order chi connectivity index (χ0) is 17.1. The van der Waals surface area contributed by atoms with Crippen LogP contribution in [0.4, 0.5) is 0 Å². The third kappa shape index (κ3) is 9.80. The van der Waals surface area contributed by atoms with Gasteiger partial charge in [0.25, 0.3) is 0 Å². The van der Waals surface area contributed by atoms with E-state index < -0.39 is 5.60 Å². The Hall–Kier alpha value is -0.380. The number of aliphatic imine (C=N–C) groups is 1. The van der Waals surface area contributed by atoms with Gasteiger partial charge in [-0.2, -0.15) is 11.3 Å². The molecule has 7 heteroatoms. The van der Waals surface area contributed by atoms with Crippen molar-refractivity contribution >= 4 is 41.3 Å². The Morgan fingerprint density at radius 2 is 2.17 bits per heavy atom. The maximum atomic E-state index is 10.5. The first-order chi connectivity index (χ1) is 11.0. The lowest BCUT2D eigenvalue weighted by molar-refractivity contribution is 0.0677. The summed E-state index contributed by atoms with van der Waals surface area (Å²) in [4.78, 5) is 4.50. The summed E-state index contributed by atoms with van der Waals surface area (Å²) in [6, 6.07) is 1.94. The Kier molecular flexibility index (Phi) is 12.7. The fourth-order valence-corrected chi connectivity index (χ4v) is 2.72. The molecule has 0 fully saturated rings. The van der Waals surface area contributed by atoms with Crippen LogP contribution in [-0.4, -0.2) is 43.9 Å². The molecule has 24 heavy (non-hydrogen) atoms. The van der Waals surface area contributed by atoms with Gasteiger partial charge in [0.2, 0.25) is 0 Å². The van der Waals surface area contributed by atoms with Gasteiger partial charge in [0.05, 0.1) is 6.54 Å². The van der Waals surface area contributed by atoms with E-state index in [0.29, 0.717) is 12.5 Å². The number of ether oxygens (including phenoxy) is 1. The molecule has 0 saturated carbocycles. The number of nitrogens with zero attached hydrogens (tertiary/aromatic N) is 1. The summed E-state index contributed by atoms with van der Waals surface area (Å²) in [6.07, 6.45) is 0.929. The Morgan fingerprint density at radius 1 is 1.42 bits per heavy atom. The summed E-state index contributed by atoms with van der Waals surface area (Å²) >= 11 is 1.58. The Balaban J connectivity index is 0.00000529. The first-order valence-electron chi connectivity index (χ1n) is 8.30. The highest BCUT2D eigenvalue weighted by Crippen LogP contribution is 2.23. The molecule has 0 saturated heterocycles. The van der Waals surface area contributed by atoms with Gasteiger partial charge < -0.3 is 20.5 Å². The molecule has 0 aromatic carbocycles. The second-order valence-electron chi connectivity index (χ2n) is 6.23.